The van der Waals surface area contributed by atoms with Gasteiger partial charge in [-0.25, -0.2) is 0 Å². The third-order valence-corrected chi connectivity index (χ3v) is 3.93. The van der Waals surface area contributed by atoms with Gasteiger partial charge in [0.05, 0.1) is 17.6 Å². The summed E-state index contributed by atoms with van der Waals surface area (Å²) in [4.78, 5) is 0. The molecule has 0 aromatic heterocycles. The summed E-state index contributed by atoms with van der Waals surface area (Å²) in [6.07, 6.45) is 2.33. The predicted molar refractivity (Wildman–Crippen MR) is 77.4 cm³/mol. The summed E-state index contributed by atoms with van der Waals surface area (Å²) in [5.41, 5.74) is 0.992. The molecular weight excluding hydrogens is 316 g/mol. The molecular formula is C14H18BrClO2. The highest BCUT2D eigenvalue weighted by molar-refractivity contribution is 9.10. The summed E-state index contributed by atoms with van der Waals surface area (Å²) < 4.78 is 12.7. The topological polar surface area (TPSA) is 18.5 Å². The third-order valence-electron chi connectivity index (χ3n) is 3.15. The normalized spacial score (nSPS) is 22.1. The lowest BCUT2D eigenvalue weighted by molar-refractivity contribution is -0.0327. The maximum atomic E-state index is 5.91. The number of alkyl halides is 1. The number of hydrogen-bond acceptors (Lipinski definition) is 2. The fourth-order valence-corrected chi connectivity index (χ4v) is 2.79. The van der Waals surface area contributed by atoms with E-state index in [4.69, 9.17) is 21.1 Å². The first kappa shape index (κ1) is 14.2. The molecule has 0 N–H and O–H groups in total. The zero-order valence-electron chi connectivity index (χ0n) is 10.7. The van der Waals surface area contributed by atoms with E-state index in [2.05, 4.69) is 29.8 Å². The van der Waals surface area contributed by atoms with Crippen LogP contribution in [0, 0.1) is 0 Å². The van der Waals surface area contributed by atoms with Gasteiger partial charge in [-0.2, -0.15) is 0 Å². The molecule has 1 atom stereocenters. The van der Waals surface area contributed by atoms with Crippen molar-refractivity contribution < 1.29 is 9.47 Å². The Bertz CT molecular complexity index is 420. The van der Waals surface area contributed by atoms with Gasteiger partial charge in [-0.1, -0.05) is 15.9 Å². The Hall–Kier alpha value is -0.250. The Labute approximate surface area is 122 Å². The van der Waals surface area contributed by atoms with Crippen LogP contribution >= 0.6 is 27.5 Å². The van der Waals surface area contributed by atoms with Crippen molar-refractivity contribution in [1.29, 1.82) is 0 Å². The molecule has 1 aromatic carbocycles. The number of rotatable bonds is 4. The summed E-state index contributed by atoms with van der Waals surface area (Å²) in [5, 5.41) is 0. The van der Waals surface area contributed by atoms with E-state index in [1.807, 2.05) is 18.2 Å². The molecule has 4 heteroatoms. The molecule has 0 spiro atoms. The first-order chi connectivity index (χ1) is 8.50. The van der Waals surface area contributed by atoms with Gasteiger partial charge in [0.25, 0.3) is 0 Å². The summed E-state index contributed by atoms with van der Waals surface area (Å²) in [5.74, 6) is 1.30. The molecule has 1 heterocycles. The number of ether oxygens (including phenoxy) is 2. The molecule has 0 saturated carbocycles. The Morgan fingerprint density at radius 3 is 2.89 bits per heavy atom. The average molecular weight is 334 g/mol. The molecule has 1 aliphatic rings. The minimum atomic E-state index is -0.0109. The van der Waals surface area contributed by atoms with Crippen molar-refractivity contribution in [2.45, 2.75) is 44.3 Å². The molecule has 0 aliphatic carbocycles. The third kappa shape index (κ3) is 3.62. The summed E-state index contributed by atoms with van der Waals surface area (Å²) >= 11 is 9.34. The van der Waals surface area contributed by atoms with Crippen molar-refractivity contribution in [2.75, 3.05) is 6.61 Å². The lowest BCUT2D eigenvalue weighted by atomic mass is 10.1. The van der Waals surface area contributed by atoms with Crippen molar-refractivity contribution in [3.8, 4) is 5.75 Å². The van der Waals surface area contributed by atoms with E-state index in [1.165, 1.54) is 0 Å². The van der Waals surface area contributed by atoms with Crippen LogP contribution in [-0.4, -0.2) is 18.3 Å². The lowest BCUT2D eigenvalue weighted by Gasteiger charge is -2.20. The van der Waals surface area contributed by atoms with Crippen LogP contribution in [0.2, 0.25) is 0 Å². The second-order valence-electron chi connectivity index (χ2n) is 5.23. The van der Waals surface area contributed by atoms with Crippen LogP contribution in [0.1, 0.15) is 32.3 Å². The smallest absolute Gasteiger partial charge is 0.123 e. The van der Waals surface area contributed by atoms with Crippen LogP contribution in [0.25, 0.3) is 0 Å². The monoisotopic (exact) mass is 332 g/mol. The number of hydrogen-bond donors (Lipinski definition) is 0. The van der Waals surface area contributed by atoms with Gasteiger partial charge in [-0.3, -0.25) is 0 Å². The van der Waals surface area contributed by atoms with Gasteiger partial charge < -0.3 is 9.47 Å². The van der Waals surface area contributed by atoms with Crippen molar-refractivity contribution in [3.05, 3.63) is 28.2 Å². The second kappa shape index (κ2) is 5.81. The highest BCUT2D eigenvalue weighted by Crippen LogP contribution is 2.30. The molecule has 0 amide bonds. The fourth-order valence-electron chi connectivity index (χ4n) is 2.17. The Kier molecular flexibility index (Phi) is 4.57. The van der Waals surface area contributed by atoms with Crippen molar-refractivity contribution >= 4 is 27.5 Å². The number of halogens is 2. The van der Waals surface area contributed by atoms with Gasteiger partial charge in [-0.05, 0) is 44.9 Å². The quantitative estimate of drug-likeness (QED) is 0.754. The van der Waals surface area contributed by atoms with Crippen LogP contribution in [0.3, 0.4) is 0 Å². The van der Waals surface area contributed by atoms with E-state index in [0.29, 0.717) is 12.5 Å². The zero-order valence-corrected chi connectivity index (χ0v) is 13.1. The average Bonchev–Trinajstić information content (AvgIpc) is 2.67. The van der Waals surface area contributed by atoms with E-state index in [0.717, 1.165) is 28.6 Å². The summed E-state index contributed by atoms with van der Waals surface area (Å²) in [7, 11) is 0. The summed E-state index contributed by atoms with van der Waals surface area (Å²) in [6.45, 7) is 4.84. The van der Waals surface area contributed by atoms with Crippen LogP contribution in [0.4, 0.5) is 0 Å². The van der Waals surface area contributed by atoms with E-state index in [-0.39, 0.29) is 11.7 Å². The molecule has 1 unspecified atom stereocenters. The second-order valence-corrected chi connectivity index (χ2v) is 6.42. The first-order valence-electron chi connectivity index (χ1n) is 6.15. The van der Waals surface area contributed by atoms with E-state index in [1.54, 1.807) is 0 Å². The van der Waals surface area contributed by atoms with Gasteiger partial charge >= 0.3 is 0 Å². The molecule has 2 nitrogen and oxygen atoms in total. The van der Waals surface area contributed by atoms with E-state index in [9.17, 15) is 0 Å². The maximum absolute atomic E-state index is 5.91. The predicted octanol–water partition coefficient (Wildman–Crippen LogP) is 4.52. The van der Waals surface area contributed by atoms with Gasteiger partial charge in [0.1, 0.15) is 12.4 Å². The molecule has 100 valence electrons. The van der Waals surface area contributed by atoms with Crippen LogP contribution < -0.4 is 4.74 Å². The minimum Gasteiger partial charge on any atom is -0.491 e. The van der Waals surface area contributed by atoms with Gasteiger partial charge in [0.2, 0.25) is 0 Å². The van der Waals surface area contributed by atoms with Crippen LogP contribution in [0.5, 0.6) is 5.75 Å². The van der Waals surface area contributed by atoms with E-state index < -0.39 is 0 Å². The summed E-state index contributed by atoms with van der Waals surface area (Å²) in [6, 6.07) is 5.90. The molecule has 2 rings (SSSR count). The SMILES string of the molecule is CC1(C)CCC(COc2ccc(Br)cc2CCl)O1. The maximum Gasteiger partial charge on any atom is 0.123 e. The highest BCUT2D eigenvalue weighted by Gasteiger charge is 2.31. The fraction of sp³-hybridized carbons (Fsp3) is 0.571. The van der Waals surface area contributed by atoms with Gasteiger partial charge in [0.15, 0.2) is 0 Å². The van der Waals surface area contributed by atoms with Crippen LogP contribution in [0.15, 0.2) is 22.7 Å². The molecule has 1 aliphatic heterocycles. The van der Waals surface area contributed by atoms with Crippen molar-refractivity contribution in [3.63, 3.8) is 0 Å². The van der Waals surface area contributed by atoms with Gasteiger partial charge in [-0.15, -0.1) is 11.6 Å². The zero-order chi connectivity index (χ0) is 13.2. The minimum absolute atomic E-state index is 0.0109. The molecule has 1 fully saturated rings. The highest BCUT2D eigenvalue weighted by atomic mass is 79.9. The molecule has 18 heavy (non-hydrogen) atoms. The van der Waals surface area contributed by atoms with Crippen LogP contribution in [-0.2, 0) is 10.6 Å². The van der Waals surface area contributed by atoms with Gasteiger partial charge in [0, 0.05) is 10.0 Å². The van der Waals surface area contributed by atoms with Crippen molar-refractivity contribution in [1.82, 2.24) is 0 Å². The lowest BCUT2D eigenvalue weighted by Crippen LogP contribution is -2.24. The molecule has 0 bridgehead atoms. The molecule has 1 aromatic rings. The van der Waals surface area contributed by atoms with E-state index >= 15 is 0 Å². The number of benzene rings is 1. The Morgan fingerprint density at radius 2 is 2.28 bits per heavy atom. The molecule has 1 saturated heterocycles. The first-order valence-corrected chi connectivity index (χ1v) is 7.48. The Morgan fingerprint density at radius 1 is 1.50 bits per heavy atom. The van der Waals surface area contributed by atoms with Crippen molar-refractivity contribution in [2.24, 2.45) is 0 Å². The Balaban J connectivity index is 1.94. The molecule has 0 radical (unpaired) electrons. The standard InChI is InChI=1S/C14H18BrClO2/c1-14(2)6-5-12(18-14)9-17-13-4-3-11(15)7-10(13)8-16/h3-4,7,12H,5-6,8-9H2,1-2H3. The largest absolute Gasteiger partial charge is 0.491 e.